The monoisotopic (exact) mass is 835 g/mol. The maximum Gasteiger partial charge on any atom is 0.159 e. The number of fused-ring (bicyclic) bond motifs is 9. The maximum atomic E-state index is 7.17. The highest BCUT2D eigenvalue weighted by atomic mass is 32.1. The molecule has 4 heteroatoms. The van der Waals surface area contributed by atoms with E-state index in [9.17, 15) is 0 Å². The lowest BCUT2D eigenvalue weighted by atomic mass is 9.95. The lowest BCUT2D eigenvalue weighted by molar-refractivity contribution is 0.668. The molecular formula is C60H37NO2S. The molecule has 0 aliphatic carbocycles. The lowest BCUT2D eigenvalue weighted by Gasteiger charge is -2.30. The summed E-state index contributed by atoms with van der Waals surface area (Å²) in [5, 5.41) is 6.61. The molecule has 300 valence electrons. The molecule has 0 radical (unpaired) electrons. The topological polar surface area (TPSA) is 29.5 Å². The number of anilines is 3. The van der Waals surface area contributed by atoms with Gasteiger partial charge in [-0.1, -0.05) is 182 Å². The van der Waals surface area contributed by atoms with Crippen molar-refractivity contribution in [3.8, 4) is 44.5 Å². The number of hydrogen-bond donors (Lipinski definition) is 0. The summed E-state index contributed by atoms with van der Waals surface area (Å²) in [6.45, 7) is 0. The van der Waals surface area contributed by atoms with Gasteiger partial charge in [0.2, 0.25) is 0 Å². The average Bonchev–Trinajstić information content (AvgIpc) is 4.07. The second-order valence-electron chi connectivity index (χ2n) is 16.3. The first-order valence-corrected chi connectivity index (χ1v) is 22.5. The molecule has 0 bridgehead atoms. The van der Waals surface area contributed by atoms with Gasteiger partial charge in [-0.25, -0.2) is 0 Å². The number of hydrogen-bond acceptors (Lipinski definition) is 4. The molecule has 10 aromatic carbocycles. The predicted octanol–water partition coefficient (Wildman–Crippen LogP) is 18.0. The van der Waals surface area contributed by atoms with E-state index in [4.69, 9.17) is 8.83 Å². The van der Waals surface area contributed by atoms with Crippen LogP contribution in [-0.2, 0) is 0 Å². The zero-order valence-corrected chi connectivity index (χ0v) is 35.4. The Balaban J connectivity index is 1.21. The van der Waals surface area contributed by atoms with E-state index < -0.39 is 0 Å². The summed E-state index contributed by atoms with van der Waals surface area (Å²) in [6, 6.07) is 80.2. The summed E-state index contributed by atoms with van der Waals surface area (Å²) in [5.74, 6) is 0. The second kappa shape index (κ2) is 14.7. The van der Waals surface area contributed by atoms with Crippen LogP contribution in [0.1, 0.15) is 0 Å². The molecule has 0 atom stereocenters. The largest absolute Gasteiger partial charge is 0.455 e. The van der Waals surface area contributed by atoms with Gasteiger partial charge in [0.15, 0.2) is 5.58 Å². The molecule has 13 aromatic rings. The quantitative estimate of drug-likeness (QED) is 0.160. The van der Waals surface area contributed by atoms with Crippen LogP contribution in [0.4, 0.5) is 17.1 Å². The zero-order chi connectivity index (χ0) is 42.1. The van der Waals surface area contributed by atoms with Gasteiger partial charge in [0.05, 0.1) is 22.4 Å². The number of thiophene rings is 1. The fourth-order valence-corrected chi connectivity index (χ4v) is 11.0. The fourth-order valence-electron chi connectivity index (χ4n) is 9.78. The summed E-state index contributed by atoms with van der Waals surface area (Å²) in [6.07, 6.45) is 0. The minimum Gasteiger partial charge on any atom is -0.455 e. The van der Waals surface area contributed by atoms with Crippen molar-refractivity contribution in [1.82, 2.24) is 0 Å². The highest BCUT2D eigenvalue weighted by Crippen LogP contribution is 2.55. The van der Waals surface area contributed by atoms with Gasteiger partial charge in [-0.05, 0) is 75.8 Å². The Hall–Kier alpha value is -8.18. The standard InChI is InChI=1S/C60H37NO2S/c1-5-17-38(18-6-1)42-31-32-48-53(37-42)63-59-44(40-21-9-3-10-22-40)33-35-50(55(48)59)61(51-29-16-27-47-46-25-13-14-30-52(46)62-58(47)51)57-43(39-19-7-2-8-20-39)34-36-54-56(57)49-28-15-26-45(60(49)64-54)41-23-11-4-12-24-41/h1-37H. The molecule has 0 saturated carbocycles. The number of nitrogens with zero attached hydrogens (tertiary/aromatic N) is 1. The molecule has 0 unspecified atom stereocenters. The normalized spacial score (nSPS) is 11.8. The first-order valence-electron chi connectivity index (χ1n) is 21.7. The van der Waals surface area contributed by atoms with Crippen molar-refractivity contribution < 1.29 is 8.83 Å². The summed E-state index contributed by atoms with van der Waals surface area (Å²) in [5.41, 5.74) is 15.4. The number of furan rings is 2. The highest BCUT2D eigenvalue weighted by molar-refractivity contribution is 7.26. The molecule has 0 fully saturated rings. The fraction of sp³-hybridized carbons (Fsp3) is 0. The van der Waals surface area contributed by atoms with Crippen molar-refractivity contribution in [1.29, 1.82) is 0 Å². The van der Waals surface area contributed by atoms with Crippen LogP contribution in [-0.4, -0.2) is 0 Å². The molecular weight excluding hydrogens is 799 g/mol. The molecule has 13 rings (SSSR count). The molecule has 64 heavy (non-hydrogen) atoms. The number of para-hydroxylation sites is 2. The predicted molar refractivity (Wildman–Crippen MR) is 270 cm³/mol. The van der Waals surface area contributed by atoms with Crippen LogP contribution in [0.2, 0.25) is 0 Å². The molecule has 0 spiro atoms. The van der Waals surface area contributed by atoms with Crippen LogP contribution in [0.5, 0.6) is 0 Å². The van der Waals surface area contributed by atoms with Crippen LogP contribution < -0.4 is 4.90 Å². The molecule has 3 aromatic heterocycles. The maximum absolute atomic E-state index is 7.17. The summed E-state index contributed by atoms with van der Waals surface area (Å²) < 4.78 is 16.6. The zero-order valence-electron chi connectivity index (χ0n) is 34.5. The van der Waals surface area contributed by atoms with E-state index in [2.05, 4.69) is 223 Å². The molecule has 0 amide bonds. The second-order valence-corrected chi connectivity index (χ2v) is 17.4. The van der Waals surface area contributed by atoms with Gasteiger partial charge in [-0.2, -0.15) is 0 Å². The van der Waals surface area contributed by atoms with Gasteiger partial charge < -0.3 is 13.7 Å². The van der Waals surface area contributed by atoms with Gasteiger partial charge >= 0.3 is 0 Å². The molecule has 3 nitrogen and oxygen atoms in total. The molecule has 0 aliphatic heterocycles. The minimum absolute atomic E-state index is 0.823. The van der Waals surface area contributed by atoms with Crippen LogP contribution in [0.15, 0.2) is 233 Å². The van der Waals surface area contributed by atoms with Crippen molar-refractivity contribution in [3.63, 3.8) is 0 Å². The molecule has 0 aliphatic rings. The third-order valence-corrected chi connectivity index (χ3v) is 13.9. The van der Waals surface area contributed by atoms with E-state index in [-0.39, 0.29) is 0 Å². The Morgan fingerprint density at radius 1 is 0.328 bits per heavy atom. The smallest absolute Gasteiger partial charge is 0.159 e. The average molecular weight is 836 g/mol. The van der Waals surface area contributed by atoms with E-state index in [0.29, 0.717) is 0 Å². The molecule has 0 N–H and O–H groups in total. The minimum atomic E-state index is 0.823. The van der Waals surface area contributed by atoms with Crippen molar-refractivity contribution in [3.05, 3.63) is 224 Å². The third kappa shape index (κ3) is 5.73. The Morgan fingerprint density at radius 2 is 0.922 bits per heavy atom. The van der Waals surface area contributed by atoms with Crippen LogP contribution in [0.25, 0.3) is 109 Å². The lowest BCUT2D eigenvalue weighted by Crippen LogP contribution is -2.12. The van der Waals surface area contributed by atoms with Crippen molar-refractivity contribution in [2.45, 2.75) is 0 Å². The Kier molecular flexibility index (Phi) is 8.40. The van der Waals surface area contributed by atoms with Crippen molar-refractivity contribution in [2.75, 3.05) is 4.90 Å². The van der Waals surface area contributed by atoms with E-state index in [0.717, 1.165) is 94.3 Å². The van der Waals surface area contributed by atoms with Gasteiger partial charge in [0.1, 0.15) is 16.7 Å². The van der Waals surface area contributed by atoms with Gasteiger partial charge in [-0.15, -0.1) is 11.3 Å². The Labute approximate surface area is 373 Å². The highest BCUT2D eigenvalue weighted by Gasteiger charge is 2.30. The Bertz CT molecular complexity index is 3890. The summed E-state index contributed by atoms with van der Waals surface area (Å²) in [7, 11) is 0. The van der Waals surface area contributed by atoms with E-state index in [1.165, 1.54) is 31.3 Å². The summed E-state index contributed by atoms with van der Waals surface area (Å²) >= 11 is 1.85. The van der Waals surface area contributed by atoms with Crippen molar-refractivity contribution >= 4 is 92.4 Å². The first-order chi connectivity index (χ1) is 31.8. The van der Waals surface area contributed by atoms with E-state index in [1.807, 2.05) is 17.4 Å². The number of benzene rings is 10. The summed E-state index contributed by atoms with van der Waals surface area (Å²) in [4.78, 5) is 2.48. The Morgan fingerprint density at radius 3 is 1.67 bits per heavy atom. The van der Waals surface area contributed by atoms with Crippen LogP contribution in [0, 0.1) is 0 Å². The van der Waals surface area contributed by atoms with Gasteiger partial charge in [0, 0.05) is 47.5 Å². The molecule has 3 heterocycles. The van der Waals surface area contributed by atoms with Crippen molar-refractivity contribution in [2.24, 2.45) is 0 Å². The van der Waals surface area contributed by atoms with Gasteiger partial charge in [-0.3, -0.25) is 0 Å². The van der Waals surface area contributed by atoms with Crippen LogP contribution in [0.3, 0.4) is 0 Å². The van der Waals surface area contributed by atoms with E-state index in [1.54, 1.807) is 0 Å². The molecule has 0 saturated heterocycles. The SMILES string of the molecule is c1ccc(-c2ccc3c(c2)oc2c(-c4ccccc4)ccc(N(c4cccc5c4oc4ccccc45)c4c(-c5ccccc5)ccc5sc6c(-c7ccccc7)cccc6c45)c23)cc1. The number of rotatable bonds is 7. The van der Waals surface area contributed by atoms with E-state index >= 15 is 0 Å². The van der Waals surface area contributed by atoms with Crippen LogP contribution >= 0.6 is 11.3 Å². The third-order valence-electron chi connectivity index (χ3n) is 12.7. The van der Waals surface area contributed by atoms with Gasteiger partial charge in [0.25, 0.3) is 0 Å². The first kappa shape index (κ1) is 36.5.